The number of aliphatic hydroxyl groups excluding tert-OH is 1. The van der Waals surface area contributed by atoms with Crippen LogP contribution in [0.1, 0.15) is 10.4 Å². The van der Waals surface area contributed by atoms with Gasteiger partial charge < -0.3 is 19.1 Å². The molecule has 0 amide bonds. The highest BCUT2D eigenvalue weighted by atomic mass is 16.5. The van der Waals surface area contributed by atoms with Crippen molar-refractivity contribution in [2.24, 2.45) is 0 Å². The number of carbonyl (C=O) groups is 1. The molecule has 0 spiro atoms. The molecule has 1 atom stereocenters. The van der Waals surface area contributed by atoms with Gasteiger partial charge in [0.25, 0.3) is 0 Å². The van der Waals surface area contributed by atoms with Gasteiger partial charge in [0, 0.05) is 0 Å². The first-order chi connectivity index (χ1) is 11.7. The van der Waals surface area contributed by atoms with Gasteiger partial charge in [0.05, 0.1) is 36.6 Å². The topological polar surface area (TPSA) is 73.6 Å². The highest BCUT2D eigenvalue weighted by Crippen LogP contribution is 2.15. The third kappa shape index (κ3) is 3.55. The Morgan fingerprint density at radius 1 is 1.21 bits per heavy atom. The minimum absolute atomic E-state index is 0.143. The van der Waals surface area contributed by atoms with E-state index in [2.05, 4.69) is 9.72 Å². The lowest BCUT2D eigenvalue weighted by Gasteiger charge is -2.13. The summed E-state index contributed by atoms with van der Waals surface area (Å²) in [5.41, 5.74) is 2.32. The largest absolute Gasteiger partial charge is 0.491 e. The summed E-state index contributed by atoms with van der Waals surface area (Å²) in [5.74, 6) is 0.186. The van der Waals surface area contributed by atoms with E-state index in [4.69, 9.17) is 4.74 Å². The van der Waals surface area contributed by atoms with Gasteiger partial charge in [-0.1, -0.05) is 12.1 Å². The van der Waals surface area contributed by atoms with Crippen molar-refractivity contribution in [1.29, 1.82) is 0 Å². The van der Waals surface area contributed by atoms with Crippen molar-refractivity contribution in [3.63, 3.8) is 0 Å². The van der Waals surface area contributed by atoms with Gasteiger partial charge >= 0.3 is 5.97 Å². The van der Waals surface area contributed by atoms with E-state index in [1.807, 2.05) is 28.8 Å². The van der Waals surface area contributed by atoms with Crippen LogP contribution >= 0.6 is 0 Å². The summed E-state index contributed by atoms with van der Waals surface area (Å²) >= 11 is 0. The lowest BCUT2D eigenvalue weighted by molar-refractivity contribution is 0.0600. The fourth-order valence-corrected chi connectivity index (χ4v) is 2.43. The van der Waals surface area contributed by atoms with Crippen LogP contribution in [0, 0.1) is 0 Å². The molecule has 24 heavy (non-hydrogen) atoms. The number of para-hydroxylation sites is 2. The van der Waals surface area contributed by atoms with Crippen LogP contribution in [0.3, 0.4) is 0 Å². The van der Waals surface area contributed by atoms with Gasteiger partial charge in [0.15, 0.2) is 0 Å². The number of methoxy groups -OCH3 is 1. The normalized spacial score (nSPS) is 12.1. The van der Waals surface area contributed by atoms with Gasteiger partial charge in [-0.3, -0.25) is 0 Å². The zero-order chi connectivity index (χ0) is 16.9. The van der Waals surface area contributed by atoms with E-state index in [1.165, 1.54) is 7.11 Å². The number of imidazole rings is 1. The molecule has 1 N–H and O–H groups in total. The minimum Gasteiger partial charge on any atom is -0.491 e. The number of hydrogen-bond donors (Lipinski definition) is 1. The van der Waals surface area contributed by atoms with E-state index in [-0.39, 0.29) is 6.61 Å². The first kappa shape index (κ1) is 16.0. The predicted octanol–water partition coefficient (Wildman–Crippen LogP) is 2.26. The quantitative estimate of drug-likeness (QED) is 0.703. The molecule has 0 aliphatic carbocycles. The van der Waals surface area contributed by atoms with Crippen molar-refractivity contribution in [3.05, 3.63) is 60.4 Å². The minimum atomic E-state index is -0.678. The summed E-state index contributed by atoms with van der Waals surface area (Å²) in [6.07, 6.45) is 1.03. The molecule has 0 bridgehead atoms. The van der Waals surface area contributed by atoms with Crippen LogP contribution in [0.25, 0.3) is 11.0 Å². The van der Waals surface area contributed by atoms with Gasteiger partial charge in [-0.05, 0) is 36.4 Å². The fraction of sp³-hybridized carbons (Fsp3) is 0.222. The molecule has 0 radical (unpaired) electrons. The molecular weight excluding hydrogens is 308 g/mol. The van der Waals surface area contributed by atoms with Crippen LogP contribution < -0.4 is 4.74 Å². The molecule has 3 rings (SSSR count). The van der Waals surface area contributed by atoms with Crippen molar-refractivity contribution < 1.29 is 19.4 Å². The van der Waals surface area contributed by atoms with Crippen LogP contribution in [0.4, 0.5) is 0 Å². The summed E-state index contributed by atoms with van der Waals surface area (Å²) in [7, 11) is 1.34. The van der Waals surface area contributed by atoms with Gasteiger partial charge in [-0.25, -0.2) is 9.78 Å². The maximum Gasteiger partial charge on any atom is 0.337 e. The Bertz CT molecular complexity index is 826. The molecular formula is C18H18N2O4. The summed E-state index contributed by atoms with van der Waals surface area (Å²) < 4.78 is 12.1. The van der Waals surface area contributed by atoms with E-state index in [0.717, 1.165) is 11.0 Å². The Balaban J connectivity index is 1.57. The van der Waals surface area contributed by atoms with Gasteiger partial charge in [-0.2, -0.15) is 0 Å². The van der Waals surface area contributed by atoms with Crippen molar-refractivity contribution in [2.45, 2.75) is 12.6 Å². The maximum absolute atomic E-state index is 11.4. The van der Waals surface area contributed by atoms with Crippen LogP contribution in [-0.2, 0) is 11.3 Å². The van der Waals surface area contributed by atoms with E-state index in [0.29, 0.717) is 17.9 Å². The van der Waals surface area contributed by atoms with Crippen LogP contribution in [0.2, 0.25) is 0 Å². The van der Waals surface area contributed by atoms with Crippen molar-refractivity contribution >= 4 is 17.0 Å². The first-order valence-electron chi connectivity index (χ1n) is 7.56. The standard InChI is InChI=1S/C18H18N2O4/c1-23-18(22)13-6-8-15(9-7-13)24-11-14(21)10-20-12-19-16-4-2-3-5-17(16)20/h2-9,12,14,21H,10-11H2,1H3/t14-/m1/s1. The second kappa shape index (κ2) is 7.14. The smallest absolute Gasteiger partial charge is 0.337 e. The first-order valence-corrected chi connectivity index (χ1v) is 7.56. The maximum atomic E-state index is 11.4. The Morgan fingerprint density at radius 2 is 1.96 bits per heavy atom. The number of rotatable bonds is 6. The SMILES string of the molecule is COC(=O)c1ccc(OC[C@H](O)Cn2cnc3ccccc32)cc1. The number of esters is 1. The van der Waals surface area contributed by atoms with Crippen LogP contribution in [0.5, 0.6) is 5.75 Å². The number of fused-ring (bicyclic) bond motifs is 1. The molecule has 0 unspecified atom stereocenters. The molecule has 3 aromatic rings. The summed E-state index contributed by atoms with van der Waals surface area (Å²) in [5, 5.41) is 10.2. The van der Waals surface area contributed by atoms with E-state index in [1.54, 1.807) is 30.6 Å². The number of benzene rings is 2. The summed E-state index contributed by atoms with van der Waals surface area (Å²) in [6.45, 7) is 0.533. The third-order valence-corrected chi connectivity index (χ3v) is 3.65. The Hall–Kier alpha value is -2.86. The molecule has 6 nitrogen and oxygen atoms in total. The average Bonchev–Trinajstić information content (AvgIpc) is 3.03. The Kier molecular flexibility index (Phi) is 4.77. The molecule has 0 aliphatic heterocycles. The molecule has 0 saturated heterocycles. The van der Waals surface area contributed by atoms with Crippen molar-refractivity contribution in [3.8, 4) is 5.75 Å². The molecule has 124 valence electrons. The predicted molar refractivity (Wildman–Crippen MR) is 89.0 cm³/mol. The molecule has 0 saturated carbocycles. The Morgan fingerprint density at radius 3 is 2.71 bits per heavy atom. The third-order valence-electron chi connectivity index (χ3n) is 3.65. The van der Waals surface area contributed by atoms with Gasteiger partial charge in [0.2, 0.25) is 0 Å². The number of aromatic nitrogens is 2. The molecule has 0 fully saturated rings. The van der Waals surface area contributed by atoms with Gasteiger partial charge in [0.1, 0.15) is 18.5 Å². The monoisotopic (exact) mass is 326 g/mol. The second-order valence-electron chi connectivity index (χ2n) is 5.37. The van der Waals surface area contributed by atoms with Crippen LogP contribution in [-0.4, -0.2) is 40.4 Å². The molecule has 6 heteroatoms. The number of nitrogens with zero attached hydrogens (tertiary/aromatic N) is 2. The molecule has 2 aromatic carbocycles. The molecule has 1 heterocycles. The lowest BCUT2D eigenvalue weighted by atomic mass is 10.2. The van der Waals surface area contributed by atoms with E-state index in [9.17, 15) is 9.90 Å². The van der Waals surface area contributed by atoms with Crippen molar-refractivity contribution in [1.82, 2.24) is 9.55 Å². The van der Waals surface area contributed by atoms with E-state index >= 15 is 0 Å². The molecule has 1 aromatic heterocycles. The fourth-order valence-electron chi connectivity index (χ4n) is 2.43. The zero-order valence-corrected chi connectivity index (χ0v) is 13.3. The number of carbonyl (C=O) groups excluding carboxylic acids is 1. The molecule has 0 aliphatic rings. The van der Waals surface area contributed by atoms with Gasteiger partial charge in [-0.15, -0.1) is 0 Å². The van der Waals surface area contributed by atoms with Crippen LogP contribution in [0.15, 0.2) is 54.9 Å². The Labute approximate surface area is 139 Å². The highest BCUT2D eigenvalue weighted by Gasteiger charge is 2.10. The number of hydrogen-bond acceptors (Lipinski definition) is 5. The summed E-state index contributed by atoms with van der Waals surface area (Å²) in [6, 6.07) is 14.3. The second-order valence-corrected chi connectivity index (χ2v) is 5.37. The number of aliphatic hydroxyl groups is 1. The highest BCUT2D eigenvalue weighted by molar-refractivity contribution is 5.89. The number of ether oxygens (including phenoxy) is 2. The lowest BCUT2D eigenvalue weighted by Crippen LogP contribution is -2.23. The average molecular weight is 326 g/mol. The summed E-state index contributed by atoms with van der Waals surface area (Å²) in [4.78, 5) is 15.7. The van der Waals surface area contributed by atoms with E-state index < -0.39 is 12.1 Å². The zero-order valence-electron chi connectivity index (χ0n) is 13.3. The van der Waals surface area contributed by atoms with Crippen molar-refractivity contribution in [2.75, 3.05) is 13.7 Å².